The SMILES string of the molecule is Cc1ccc(C#N)cc1S(=O)(=O)Nc1ccc(Cl)cc1Br. The second-order valence-corrected chi connectivity index (χ2v) is 7.26. The lowest BCUT2D eigenvalue weighted by atomic mass is 10.2. The Kier molecular flexibility index (Phi) is 4.57. The number of anilines is 1. The number of nitrogens with zero attached hydrogens (tertiary/aromatic N) is 1. The molecule has 0 saturated heterocycles. The van der Waals surface area contributed by atoms with Crippen LogP contribution < -0.4 is 4.72 Å². The van der Waals surface area contributed by atoms with Crippen LogP contribution in [0.1, 0.15) is 11.1 Å². The van der Waals surface area contributed by atoms with E-state index in [4.69, 9.17) is 16.9 Å². The van der Waals surface area contributed by atoms with Crippen molar-refractivity contribution in [3.8, 4) is 6.07 Å². The summed E-state index contributed by atoms with van der Waals surface area (Å²) in [6.07, 6.45) is 0. The topological polar surface area (TPSA) is 70.0 Å². The Bertz CT molecular complexity index is 845. The van der Waals surface area contributed by atoms with Crippen LogP contribution in [0.5, 0.6) is 0 Å². The summed E-state index contributed by atoms with van der Waals surface area (Å²) in [5.41, 5.74) is 1.23. The van der Waals surface area contributed by atoms with Crippen molar-refractivity contribution in [2.45, 2.75) is 11.8 Å². The Morgan fingerprint density at radius 1 is 1.24 bits per heavy atom. The molecular weight excluding hydrogens is 376 g/mol. The van der Waals surface area contributed by atoms with Crippen molar-refractivity contribution in [2.75, 3.05) is 4.72 Å². The van der Waals surface area contributed by atoms with E-state index in [0.29, 0.717) is 20.7 Å². The van der Waals surface area contributed by atoms with Crippen LogP contribution in [0.3, 0.4) is 0 Å². The normalized spacial score (nSPS) is 11.0. The highest BCUT2D eigenvalue weighted by atomic mass is 79.9. The lowest BCUT2D eigenvalue weighted by Gasteiger charge is -2.12. The lowest BCUT2D eigenvalue weighted by Crippen LogP contribution is -2.14. The fourth-order valence-corrected chi connectivity index (χ4v) is 4.00. The number of nitrogens with one attached hydrogen (secondary N) is 1. The van der Waals surface area contributed by atoms with Gasteiger partial charge in [-0.15, -0.1) is 0 Å². The first-order valence-corrected chi connectivity index (χ1v) is 8.47. The van der Waals surface area contributed by atoms with Gasteiger partial charge in [0.2, 0.25) is 0 Å². The quantitative estimate of drug-likeness (QED) is 0.865. The Morgan fingerprint density at radius 3 is 2.57 bits per heavy atom. The van der Waals surface area contributed by atoms with Gasteiger partial charge in [0.05, 0.1) is 22.2 Å². The molecule has 0 radical (unpaired) electrons. The number of benzene rings is 2. The van der Waals surface area contributed by atoms with Crippen LogP contribution in [-0.2, 0) is 10.0 Å². The van der Waals surface area contributed by atoms with E-state index in [-0.39, 0.29) is 10.5 Å². The third kappa shape index (κ3) is 3.56. The third-order valence-electron chi connectivity index (χ3n) is 2.78. The summed E-state index contributed by atoms with van der Waals surface area (Å²) in [4.78, 5) is 0.0726. The zero-order valence-electron chi connectivity index (χ0n) is 10.9. The van der Waals surface area contributed by atoms with Crippen LogP contribution in [0.4, 0.5) is 5.69 Å². The van der Waals surface area contributed by atoms with Gasteiger partial charge >= 0.3 is 0 Å². The first-order valence-electron chi connectivity index (χ1n) is 5.82. The standard InChI is InChI=1S/C14H10BrClN2O2S/c1-9-2-3-10(8-17)6-14(9)21(19,20)18-13-5-4-11(16)7-12(13)15/h2-7,18H,1H3. The van der Waals surface area contributed by atoms with Gasteiger partial charge in [-0.2, -0.15) is 5.26 Å². The lowest BCUT2D eigenvalue weighted by molar-refractivity contribution is 0.600. The zero-order chi connectivity index (χ0) is 15.6. The van der Waals surface area contributed by atoms with E-state index in [0.717, 1.165) is 0 Å². The van der Waals surface area contributed by atoms with Crippen molar-refractivity contribution < 1.29 is 8.42 Å². The molecule has 21 heavy (non-hydrogen) atoms. The van der Waals surface area contributed by atoms with E-state index in [9.17, 15) is 8.42 Å². The molecule has 0 fully saturated rings. The molecule has 0 aromatic heterocycles. The average Bonchev–Trinajstić information content (AvgIpc) is 2.42. The summed E-state index contributed by atoms with van der Waals surface area (Å²) < 4.78 is 27.9. The molecular formula is C14H10BrClN2O2S. The maximum atomic E-state index is 12.5. The van der Waals surface area contributed by atoms with Crippen LogP contribution in [0.15, 0.2) is 45.8 Å². The van der Waals surface area contributed by atoms with Crippen molar-refractivity contribution in [1.82, 2.24) is 0 Å². The maximum absolute atomic E-state index is 12.5. The van der Waals surface area contributed by atoms with E-state index in [1.54, 1.807) is 37.3 Å². The van der Waals surface area contributed by atoms with Gasteiger partial charge in [0, 0.05) is 9.50 Å². The maximum Gasteiger partial charge on any atom is 0.262 e. The molecule has 7 heteroatoms. The number of halogens is 2. The molecule has 0 aliphatic carbocycles. The Labute approximate surface area is 136 Å². The van der Waals surface area contributed by atoms with Crippen molar-refractivity contribution >= 4 is 43.2 Å². The highest BCUT2D eigenvalue weighted by Crippen LogP contribution is 2.28. The smallest absolute Gasteiger partial charge is 0.262 e. The molecule has 0 saturated carbocycles. The second-order valence-electron chi connectivity index (χ2n) is 4.32. The second kappa shape index (κ2) is 6.06. The minimum Gasteiger partial charge on any atom is -0.278 e. The summed E-state index contributed by atoms with van der Waals surface area (Å²) in [5, 5.41) is 9.39. The van der Waals surface area contributed by atoms with Gasteiger partial charge in [-0.1, -0.05) is 17.7 Å². The van der Waals surface area contributed by atoms with Gasteiger partial charge in [-0.05, 0) is 58.7 Å². The monoisotopic (exact) mass is 384 g/mol. The van der Waals surface area contributed by atoms with Crippen LogP contribution in [-0.4, -0.2) is 8.42 Å². The summed E-state index contributed by atoms with van der Waals surface area (Å²) in [5.74, 6) is 0. The van der Waals surface area contributed by atoms with Crippen molar-refractivity contribution in [3.05, 3.63) is 57.0 Å². The summed E-state index contributed by atoms with van der Waals surface area (Å²) in [7, 11) is -3.79. The molecule has 2 aromatic rings. The van der Waals surface area contributed by atoms with Crippen LogP contribution in [0.25, 0.3) is 0 Å². The molecule has 0 atom stereocenters. The number of sulfonamides is 1. The third-order valence-corrected chi connectivity index (χ3v) is 5.18. The summed E-state index contributed by atoms with van der Waals surface area (Å²) in [6, 6.07) is 11.2. The number of aryl methyl sites for hydroxylation is 1. The van der Waals surface area contributed by atoms with Gasteiger partial charge in [0.1, 0.15) is 0 Å². The molecule has 0 aliphatic heterocycles. The van der Waals surface area contributed by atoms with Crippen LogP contribution >= 0.6 is 27.5 Å². The predicted molar refractivity (Wildman–Crippen MR) is 85.9 cm³/mol. The van der Waals surface area contributed by atoms with Crippen molar-refractivity contribution in [3.63, 3.8) is 0 Å². The van der Waals surface area contributed by atoms with Gasteiger partial charge in [0.25, 0.3) is 10.0 Å². The van der Waals surface area contributed by atoms with E-state index in [2.05, 4.69) is 20.7 Å². The zero-order valence-corrected chi connectivity index (χ0v) is 14.1. The first-order chi connectivity index (χ1) is 9.83. The molecule has 0 amide bonds. The predicted octanol–water partition coefficient (Wildman–Crippen LogP) is 4.08. The molecule has 0 bridgehead atoms. The fourth-order valence-electron chi connectivity index (χ4n) is 1.73. The van der Waals surface area contributed by atoms with Gasteiger partial charge in [0.15, 0.2) is 0 Å². The highest BCUT2D eigenvalue weighted by Gasteiger charge is 2.18. The van der Waals surface area contributed by atoms with Gasteiger partial charge < -0.3 is 0 Å². The molecule has 0 aliphatic rings. The van der Waals surface area contributed by atoms with E-state index in [1.165, 1.54) is 6.07 Å². The molecule has 0 unspecified atom stereocenters. The molecule has 2 rings (SSSR count). The van der Waals surface area contributed by atoms with E-state index in [1.807, 2.05) is 6.07 Å². The molecule has 108 valence electrons. The molecule has 1 N–H and O–H groups in total. The van der Waals surface area contributed by atoms with Crippen LogP contribution in [0.2, 0.25) is 5.02 Å². The first kappa shape index (κ1) is 15.8. The molecule has 0 heterocycles. The Balaban J connectivity index is 2.46. The minimum absolute atomic E-state index is 0.0726. The largest absolute Gasteiger partial charge is 0.278 e. The van der Waals surface area contributed by atoms with Gasteiger partial charge in [-0.3, -0.25) is 4.72 Å². The van der Waals surface area contributed by atoms with E-state index >= 15 is 0 Å². The summed E-state index contributed by atoms with van der Waals surface area (Å²) in [6.45, 7) is 1.67. The number of hydrogen-bond donors (Lipinski definition) is 1. The average molecular weight is 386 g/mol. The highest BCUT2D eigenvalue weighted by molar-refractivity contribution is 9.10. The molecule has 0 spiro atoms. The van der Waals surface area contributed by atoms with Gasteiger partial charge in [-0.25, -0.2) is 8.42 Å². The Morgan fingerprint density at radius 2 is 1.95 bits per heavy atom. The Hall–Kier alpha value is -1.55. The number of rotatable bonds is 3. The number of nitriles is 1. The van der Waals surface area contributed by atoms with Crippen molar-refractivity contribution in [2.24, 2.45) is 0 Å². The molecule has 4 nitrogen and oxygen atoms in total. The van der Waals surface area contributed by atoms with Crippen molar-refractivity contribution in [1.29, 1.82) is 5.26 Å². The number of hydrogen-bond acceptors (Lipinski definition) is 3. The van der Waals surface area contributed by atoms with E-state index < -0.39 is 10.0 Å². The molecule has 2 aromatic carbocycles. The minimum atomic E-state index is -3.79. The summed E-state index contributed by atoms with van der Waals surface area (Å²) >= 11 is 9.08. The van der Waals surface area contributed by atoms with Crippen LogP contribution in [0, 0.1) is 18.3 Å². The fraction of sp³-hybridized carbons (Fsp3) is 0.0714.